The molecule has 0 aliphatic heterocycles. The number of hydrogen-bond acceptors (Lipinski definition) is 3. The van der Waals surface area contributed by atoms with E-state index in [4.69, 9.17) is 9.47 Å². The van der Waals surface area contributed by atoms with Gasteiger partial charge in [-0.05, 0) is 61.4 Å². The number of rotatable bonds is 6. The van der Waals surface area contributed by atoms with Gasteiger partial charge in [0.1, 0.15) is 11.5 Å². The van der Waals surface area contributed by atoms with Crippen LogP contribution >= 0.6 is 0 Å². The third-order valence-electron chi connectivity index (χ3n) is 3.98. The summed E-state index contributed by atoms with van der Waals surface area (Å²) in [7, 11) is 0. The molecule has 0 spiro atoms. The Balaban J connectivity index is 1.63. The van der Waals surface area contributed by atoms with Crippen LogP contribution in [0.2, 0.25) is 0 Å². The molecule has 1 N–H and O–H groups in total. The summed E-state index contributed by atoms with van der Waals surface area (Å²) >= 11 is 0. The summed E-state index contributed by atoms with van der Waals surface area (Å²) in [6.45, 7) is 3.98. The highest BCUT2D eigenvalue weighted by Crippen LogP contribution is 2.29. The molecule has 0 unspecified atom stereocenters. The molecule has 0 saturated heterocycles. The Bertz CT molecular complexity index is 891. The Morgan fingerprint density at radius 3 is 2.35 bits per heavy atom. The van der Waals surface area contributed by atoms with Gasteiger partial charge in [-0.1, -0.05) is 36.4 Å². The van der Waals surface area contributed by atoms with Gasteiger partial charge in [0.15, 0.2) is 12.4 Å². The van der Waals surface area contributed by atoms with E-state index < -0.39 is 0 Å². The number of amides is 1. The van der Waals surface area contributed by atoms with Gasteiger partial charge in [-0.25, -0.2) is 0 Å². The number of benzene rings is 3. The lowest BCUT2D eigenvalue weighted by molar-refractivity contribution is -0.118. The Morgan fingerprint density at radius 2 is 1.58 bits per heavy atom. The Hall–Kier alpha value is -3.27. The molecule has 0 aliphatic rings. The van der Waals surface area contributed by atoms with Gasteiger partial charge < -0.3 is 14.8 Å². The van der Waals surface area contributed by atoms with Crippen molar-refractivity contribution < 1.29 is 14.3 Å². The quantitative estimate of drug-likeness (QED) is 0.674. The van der Waals surface area contributed by atoms with Crippen molar-refractivity contribution in [2.24, 2.45) is 0 Å². The molecule has 1 amide bonds. The first-order valence-electron chi connectivity index (χ1n) is 8.43. The van der Waals surface area contributed by atoms with E-state index in [1.807, 2.05) is 80.6 Å². The van der Waals surface area contributed by atoms with Crippen molar-refractivity contribution in [2.75, 3.05) is 11.9 Å². The lowest BCUT2D eigenvalue weighted by Crippen LogP contribution is -2.20. The standard InChI is InChI=1S/C22H21NO3/c1-16-12-13-19(14-17(16)2)25-15-22(24)23-20-10-6-7-11-21(20)26-18-8-4-3-5-9-18/h3-14H,15H2,1-2H3,(H,23,24). The van der Waals surface area contributed by atoms with Crippen LogP contribution in [0.15, 0.2) is 72.8 Å². The molecule has 26 heavy (non-hydrogen) atoms. The van der Waals surface area contributed by atoms with Crippen LogP contribution in [0.25, 0.3) is 0 Å². The monoisotopic (exact) mass is 347 g/mol. The highest BCUT2D eigenvalue weighted by atomic mass is 16.5. The third-order valence-corrected chi connectivity index (χ3v) is 3.98. The largest absolute Gasteiger partial charge is 0.484 e. The van der Waals surface area contributed by atoms with E-state index in [0.29, 0.717) is 22.9 Å². The molecule has 0 atom stereocenters. The van der Waals surface area contributed by atoms with Gasteiger partial charge in [-0.3, -0.25) is 4.79 Å². The maximum Gasteiger partial charge on any atom is 0.262 e. The summed E-state index contributed by atoms with van der Waals surface area (Å²) < 4.78 is 11.4. The molecule has 0 radical (unpaired) electrons. The van der Waals surface area contributed by atoms with Crippen molar-refractivity contribution in [1.29, 1.82) is 0 Å². The van der Waals surface area contributed by atoms with E-state index in [0.717, 1.165) is 5.56 Å². The topological polar surface area (TPSA) is 47.6 Å². The first kappa shape index (κ1) is 17.5. The summed E-state index contributed by atoms with van der Waals surface area (Å²) in [6, 6.07) is 22.5. The average molecular weight is 347 g/mol. The van der Waals surface area contributed by atoms with E-state index in [-0.39, 0.29) is 12.5 Å². The first-order chi connectivity index (χ1) is 12.6. The first-order valence-corrected chi connectivity index (χ1v) is 8.43. The molecule has 3 rings (SSSR count). The van der Waals surface area contributed by atoms with Crippen LogP contribution in [0.4, 0.5) is 5.69 Å². The van der Waals surface area contributed by atoms with Crippen LogP contribution < -0.4 is 14.8 Å². The van der Waals surface area contributed by atoms with Crippen LogP contribution in [0, 0.1) is 13.8 Å². The number of carbonyl (C=O) groups excluding carboxylic acids is 1. The smallest absolute Gasteiger partial charge is 0.262 e. The number of para-hydroxylation sites is 3. The Morgan fingerprint density at radius 1 is 0.846 bits per heavy atom. The number of anilines is 1. The highest BCUT2D eigenvalue weighted by molar-refractivity contribution is 5.93. The summed E-state index contributed by atoms with van der Waals surface area (Å²) in [5.41, 5.74) is 2.92. The lowest BCUT2D eigenvalue weighted by Gasteiger charge is -2.13. The van der Waals surface area contributed by atoms with Crippen molar-refractivity contribution >= 4 is 11.6 Å². The van der Waals surface area contributed by atoms with Gasteiger partial charge in [0, 0.05) is 0 Å². The van der Waals surface area contributed by atoms with E-state index in [1.165, 1.54) is 5.56 Å². The number of nitrogens with one attached hydrogen (secondary N) is 1. The SMILES string of the molecule is Cc1ccc(OCC(=O)Nc2ccccc2Oc2ccccc2)cc1C. The maximum atomic E-state index is 12.3. The van der Waals surface area contributed by atoms with Crippen molar-refractivity contribution in [2.45, 2.75) is 13.8 Å². The van der Waals surface area contributed by atoms with E-state index in [2.05, 4.69) is 5.32 Å². The van der Waals surface area contributed by atoms with Crippen LogP contribution in [0.5, 0.6) is 17.2 Å². The fourth-order valence-electron chi connectivity index (χ4n) is 2.41. The van der Waals surface area contributed by atoms with E-state index >= 15 is 0 Å². The Labute approximate surface area is 153 Å². The predicted octanol–water partition coefficient (Wildman–Crippen LogP) is 5.11. The van der Waals surface area contributed by atoms with Gasteiger partial charge in [0.25, 0.3) is 5.91 Å². The molecular formula is C22H21NO3. The number of aryl methyl sites for hydroxylation is 2. The fourth-order valence-corrected chi connectivity index (χ4v) is 2.41. The molecule has 3 aromatic rings. The van der Waals surface area contributed by atoms with Crippen LogP contribution in [0.1, 0.15) is 11.1 Å². The van der Waals surface area contributed by atoms with Gasteiger partial charge in [0.05, 0.1) is 5.69 Å². The molecule has 132 valence electrons. The summed E-state index contributed by atoms with van der Waals surface area (Å²) in [5, 5.41) is 2.84. The summed E-state index contributed by atoms with van der Waals surface area (Å²) in [6.07, 6.45) is 0. The minimum absolute atomic E-state index is 0.0673. The van der Waals surface area contributed by atoms with Crippen molar-refractivity contribution in [3.05, 3.63) is 83.9 Å². The minimum Gasteiger partial charge on any atom is -0.484 e. The molecule has 0 bridgehead atoms. The Kier molecular flexibility index (Phi) is 5.54. The lowest BCUT2D eigenvalue weighted by atomic mass is 10.1. The number of carbonyl (C=O) groups is 1. The normalized spacial score (nSPS) is 10.2. The molecule has 0 aliphatic carbocycles. The van der Waals surface area contributed by atoms with Crippen molar-refractivity contribution in [3.8, 4) is 17.2 Å². The van der Waals surface area contributed by atoms with Crippen molar-refractivity contribution in [3.63, 3.8) is 0 Å². The van der Waals surface area contributed by atoms with Gasteiger partial charge in [0.2, 0.25) is 0 Å². The van der Waals surface area contributed by atoms with Crippen LogP contribution in [0.3, 0.4) is 0 Å². The number of hydrogen-bond donors (Lipinski definition) is 1. The average Bonchev–Trinajstić information content (AvgIpc) is 2.65. The van der Waals surface area contributed by atoms with Gasteiger partial charge in [-0.2, -0.15) is 0 Å². The second kappa shape index (κ2) is 8.21. The summed E-state index contributed by atoms with van der Waals surface area (Å²) in [4.78, 5) is 12.3. The third kappa shape index (κ3) is 4.63. The second-order valence-corrected chi connectivity index (χ2v) is 5.99. The highest BCUT2D eigenvalue weighted by Gasteiger charge is 2.09. The molecular weight excluding hydrogens is 326 g/mol. The minimum atomic E-state index is -0.243. The molecule has 0 fully saturated rings. The molecule has 4 nitrogen and oxygen atoms in total. The molecule has 0 saturated carbocycles. The second-order valence-electron chi connectivity index (χ2n) is 5.99. The summed E-state index contributed by atoms with van der Waals surface area (Å²) in [5.74, 6) is 1.73. The fraction of sp³-hybridized carbons (Fsp3) is 0.136. The zero-order valence-electron chi connectivity index (χ0n) is 14.9. The zero-order valence-corrected chi connectivity index (χ0v) is 14.9. The van der Waals surface area contributed by atoms with Crippen LogP contribution in [-0.4, -0.2) is 12.5 Å². The molecule has 0 heterocycles. The van der Waals surface area contributed by atoms with Gasteiger partial charge >= 0.3 is 0 Å². The van der Waals surface area contributed by atoms with Gasteiger partial charge in [-0.15, -0.1) is 0 Å². The van der Waals surface area contributed by atoms with E-state index in [1.54, 1.807) is 6.07 Å². The maximum absolute atomic E-state index is 12.3. The molecule has 3 aromatic carbocycles. The van der Waals surface area contributed by atoms with Crippen LogP contribution in [-0.2, 0) is 4.79 Å². The zero-order chi connectivity index (χ0) is 18.4. The van der Waals surface area contributed by atoms with Crippen molar-refractivity contribution in [1.82, 2.24) is 0 Å². The molecule has 4 heteroatoms. The van der Waals surface area contributed by atoms with E-state index in [9.17, 15) is 4.79 Å². The predicted molar refractivity (Wildman–Crippen MR) is 103 cm³/mol. The number of ether oxygens (including phenoxy) is 2. The molecule has 0 aromatic heterocycles.